The minimum atomic E-state index is 0.654. The summed E-state index contributed by atoms with van der Waals surface area (Å²) in [5.41, 5.74) is 1.41. The standard InChI is InChI=1S/C10H11NS3/c1-2-10(14-13-6-1)11-5-3-9-8(11)4-7-12-9/h3-5,7,10H,1-2,6H2. The zero-order valence-corrected chi connectivity index (χ0v) is 10.1. The van der Waals surface area contributed by atoms with Crippen LogP contribution >= 0.6 is 32.9 Å². The molecule has 0 bridgehead atoms. The van der Waals surface area contributed by atoms with Crippen molar-refractivity contribution >= 4 is 43.1 Å². The van der Waals surface area contributed by atoms with Crippen LogP contribution in [0.5, 0.6) is 0 Å². The monoisotopic (exact) mass is 241 g/mol. The van der Waals surface area contributed by atoms with E-state index in [1.165, 1.54) is 28.8 Å². The van der Waals surface area contributed by atoms with Crippen LogP contribution in [0.4, 0.5) is 0 Å². The van der Waals surface area contributed by atoms with E-state index in [0.717, 1.165) is 0 Å². The summed E-state index contributed by atoms with van der Waals surface area (Å²) in [5.74, 6) is 1.31. The van der Waals surface area contributed by atoms with Crippen LogP contribution in [-0.2, 0) is 0 Å². The highest BCUT2D eigenvalue weighted by molar-refractivity contribution is 8.76. The number of hydrogen-bond acceptors (Lipinski definition) is 3. The predicted octanol–water partition coefficient (Wildman–Crippen LogP) is 4.38. The van der Waals surface area contributed by atoms with Gasteiger partial charge >= 0.3 is 0 Å². The second-order valence-corrected chi connectivity index (χ2v) is 7.02. The van der Waals surface area contributed by atoms with Crippen LogP contribution in [0.1, 0.15) is 18.2 Å². The number of hydrogen-bond donors (Lipinski definition) is 0. The van der Waals surface area contributed by atoms with Crippen molar-refractivity contribution < 1.29 is 0 Å². The van der Waals surface area contributed by atoms with E-state index in [0.29, 0.717) is 5.37 Å². The summed E-state index contributed by atoms with van der Waals surface area (Å²) in [6, 6.07) is 4.47. The van der Waals surface area contributed by atoms with Crippen LogP contribution < -0.4 is 0 Å². The topological polar surface area (TPSA) is 4.93 Å². The first kappa shape index (κ1) is 9.19. The van der Waals surface area contributed by atoms with Crippen molar-refractivity contribution in [3.63, 3.8) is 0 Å². The number of aromatic nitrogens is 1. The number of rotatable bonds is 1. The molecule has 1 atom stereocenters. The summed E-state index contributed by atoms with van der Waals surface area (Å²) >= 11 is 1.84. The summed E-state index contributed by atoms with van der Waals surface area (Å²) < 4.78 is 3.85. The Kier molecular flexibility index (Phi) is 2.51. The van der Waals surface area contributed by atoms with E-state index in [4.69, 9.17) is 0 Å². The van der Waals surface area contributed by atoms with Gasteiger partial charge in [0.15, 0.2) is 0 Å². The van der Waals surface area contributed by atoms with E-state index < -0.39 is 0 Å². The van der Waals surface area contributed by atoms with Gasteiger partial charge in [-0.3, -0.25) is 0 Å². The number of thiophene rings is 1. The zero-order valence-electron chi connectivity index (χ0n) is 7.68. The molecule has 74 valence electrons. The van der Waals surface area contributed by atoms with Crippen molar-refractivity contribution in [1.82, 2.24) is 4.57 Å². The fourth-order valence-electron chi connectivity index (χ4n) is 1.81. The van der Waals surface area contributed by atoms with Crippen molar-refractivity contribution in [2.45, 2.75) is 18.2 Å². The molecule has 14 heavy (non-hydrogen) atoms. The van der Waals surface area contributed by atoms with Crippen LogP contribution in [0.3, 0.4) is 0 Å². The second-order valence-electron chi connectivity index (χ2n) is 3.41. The van der Waals surface area contributed by atoms with E-state index >= 15 is 0 Å². The minimum Gasteiger partial charge on any atom is -0.333 e. The molecular formula is C10H11NS3. The average Bonchev–Trinajstić information content (AvgIpc) is 2.79. The quantitative estimate of drug-likeness (QED) is 0.683. The first-order chi connectivity index (χ1) is 6.95. The van der Waals surface area contributed by atoms with Crippen molar-refractivity contribution in [3.8, 4) is 0 Å². The molecule has 0 radical (unpaired) electrons. The Hall–Kier alpha value is -0.0600. The maximum atomic E-state index is 2.43. The van der Waals surface area contributed by atoms with Gasteiger partial charge in [-0.15, -0.1) is 11.3 Å². The number of nitrogens with zero attached hydrogens (tertiary/aromatic N) is 1. The Bertz CT molecular complexity index is 425. The molecule has 3 rings (SSSR count). The van der Waals surface area contributed by atoms with Gasteiger partial charge in [-0.1, -0.05) is 21.6 Å². The number of fused-ring (bicyclic) bond motifs is 1. The maximum Gasteiger partial charge on any atom is 0.0895 e. The van der Waals surface area contributed by atoms with Gasteiger partial charge in [0.25, 0.3) is 0 Å². The molecule has 2 aromatic heterocycles. The SMILES string of the molecule is c1cc2c(ccn2C2CCCSS2)s1. The molecule has 0 aromatic carbocycles. The molecule has 1 saturated heterocycles. The van der Waals surface area contributed by atoms with Gasteiger partial charge in [0.2, 0.25) is 0 Å². The Morgan fingerprint density at radius 3 is 3.21 bits per heavy atom. The zero-order chi connectivity index (χ0) is 9.38. The summed E-state index contributed by atoms with van der Waals surface area (Å²) in [6.07, 6.45) is 4.91. The molecule has 1 fully saturated rings. The van der Waals surface area contributed by atoms with Gasteiger partial charge in [0.1, 0.15) is 0 Å². The third kappa shape index (κ3) is 1.49. The Morgan fingerprint density at radius 1 is 1.36 bits per heavy atom. The minimum absolute atomic E-state index is 0.654. The maximum absolute atomic E-state index is 2.43. The van der Waals surface area contributed by atoms with Crippen molar-refractivity contribution in [1.29, 1.82) is 0 Å². The molecule has 0 saturated carbocycles. The lowest BCUT2D eigenvalue weighted by Crippen LogP contribution is -2.06. The van der Waals surface area contributed by atoms with E-state index in [9.17, 15) is 0 Å². The largest absolute Gasteiger partial charge is 0.333 e. The summed E-state index contributed by atoms with van der Waals surface area (Å²) in [7, 11) is 4.04. The van der Waals surface area contributed by atoms with Gasteiger partial charge < -0.3 is 4.57 Å². The molecule has 1 unspecified atom stereocenters. The predicted molar refractivity (Wildman–Crippen MR) is 68.1 cm³/mol. The normalized spacial score (nSPS) is 23.0. The van der Waals surface area contributed by atoms with Crippen LogP contribution in [0.15, 0.2) is 23.7 Å². The van der Waals surface area contributed by atoms with Gasteiger partial charge in [0.05, 0.1) is 15.6 Å². The molecule has 0 spiro atoms. The van der Waals surface area contributed by atoms with E-state index in [2.05, 4.69) is 28.3 Å². The highest BCUT2D eigenvalue weighted by Gasteiger charge is 2.17. The lowest BCUT2D eigenvalue weighted by atomic mass is 10.3. The Balaban J connectivity index is 1.99. The van der Waals surface area contributed by atoms with Crippen LogP contribution in [0.25, 0.3) is 10.2 Å². The van der Waals surface area contributed by atoms with Gasteiger partial charge in [-0.25, -0.2) is 0 Å². The highest BCUT2D eigenvalue weighted by atomic mass is 33.1. The fourth-order valence-corrected chi connectivity index (χ4v) is 5.34. The molecule has 3 heterocycles. The Morgan fingerprint density at radius 2 is 2.36 bits per heavy atom. The molecule has 0 aliphatic carbocycles. The Labute approximate surface area is 95.3 Å². The molecule has 0 amide bonds. The van der Waals surface area contributed by atoms with Gasteiger partial charge in [-0.2, -0.15) is 0 Å². The summed E-state index contributed by atoms with van der Waals surface area (Å²) in [5, 5.41) is 2.84. The third-order valence-corrected chi connectivity index (χ3v) is 6.23. The second kappa shape index (κ2) is 3.83. The summed E-state index contributed by atoms with van der Waals surface area (Å²) in [4.78, 5) is 0. The van der Waals surface area contributed by atoms with Crippen molar-refractivity contribution in [2.24, 2.45) is 0 Å². The fraction of sp³-hybridized carbons (Fsp3) is 0.400. The molecule has 0 N–H and O–H groups in total. The van der Waals surface area contributed by atoms with E-state index in [1.807, 2.05) is 32.9 Å². The lowest BCUT2D eigenvalue weighted by Gasteiger charge is -2.22. The van der Waals surface area contributed by atoms with Crippen LogP contribution in [0.2, 0.25) is 0 Å². The van der Waals surface area contributed by atoms with E-state index in [1.54, 1.807) is 0 Å². The smallest absolute Gasteiger partial charge is 0.0895 e. The lowest BCUT2D eigenvalue weighted by molar-refractivity contribution is 0.634. The van der Waals surface area contributed by atoms with E-state index in [-0.39, 0.29) is 0 Å². The van der Waals surface area contributed by atoms with Crippen molar-refractivity contribution in [3.05, 3.63) is 23.7 Å². The summed E-state index contributed by atoms with van der Waals surface area (Å²) in [6.45, 7) is 0. The first-order valence-electron chi connectivity index (χ1n) is 4.77. The molecule has 1 aliphatic rings. The van der Waals surface area contributed by atoms with Crippen molar-refractivity contribution in [2.75, 3.05) is 5.75 Å². The van der Waals surface area contributed by atoms with Gasteiger partial charge in [-0.05, 0) is 30.4 Å². The van der Waals surface area contributed by atoms with Crippen LogP contribution in [0, 0.1) is 0 Å². The third-order valence-electron chi connectivity index (χ3n) is 2.51. The highest BCUT2D eigenvalue weighted by Crippen LogP contribution is 2.44. The molecule has 1 aliphatic heterocycles. The molecule has 2 aromatic rings. The first-order valence-corrected chi connectivity index (χ1v) is 8.03. The molecule has 4 heteroatoms. The van der Waals surface area contributed by atoms with Crippen LogP contribution in [-0.4, -0.2) is 10.3 Å². The van der Waals surface area contributed by atoms with Gasteiger partial charge in [0, 0.05) is 11.9 Å². The molecule has 1 nitrogen and oxygen atoms in total. The molecular weight excluding hydrogens is 230 g/mol. The average molecular weight is 241 g/mol.